The van der Waals surface area contributed by atoms with Crippen molar-refractivity contribution < 1.29 is 0 Å². The summed E-state index contributed by atoms with van der Waals surface area (Å²) < 4.78 is 0. The van der Waals surface area contributed by atoms with Gasteiger partial charge in [0, 0.05) is 5.41 Å². The Morgan fingerprint density at radius 3 is 0.744 bits per heavy atom. The Hall–Kier alpha value is -16.6. The average Bonchev–Trinajstić information content (AvgIpc) is 1.50. The molecule has 0 amide bonds. The number of hydrogen-bond acceptors (Lipinski definition) is 0. The van der Waals surface area contributed by atoms with Gasteiger partial charge in [-0.3, -0.25) is 0 Å². The van der Waals surface area contributed by atoms with Gasteiger partial charge in [0.1, 0.15) is 0 Å². The molecule has 0 unspecified atom stereocenters. The van der Waals surface area contributed by atoms with Crippen LogP contribution in [0.25, 0.3) is 209 Å². The molecule has 0 N–H and O–H groups in total. The fraction of sp³-hybridized carbons (Fsp3) is 0.0376. The van der Waals surface area contributed by atoms with E-state index >= 15 is 0 Å². The minimum absolute atomic E-state index is 0.0163. The van der Waals surface area contributed by atoms with Crippen molar-refractivity contribution in [1.29, 1.82) is 0 Å². The van der Waals surface area contributed by atoms with Crippen LogP contribution in [0.15, 0.2) is 485 Å². The van der Waals surface area contributed by atoms with Crippen LogP contribution in [-0.2, 0) is 16.2 Å². The van der Waals surface area contributed by atoms with Crippen molar-refractivity contribution in [3.05, 3.63) is 541 Å². The minimum Gasteiger partial charge on any atom is -0.0622 e. The Labute approximate surface area is 774 Å². The molecule has 0 saturated heterocycles. The largest absolute Gasteiger partial charge is 0.0725 e. The summed E-state index contributed by atoms with van der Waals surface area (Å²) in [6.07, 6.45) is 0. The molecule has 2 spiro atoms. The van der Waals surface area contributed by atoms with Crippen molar-refractivity contribution in [1.82, 2.24) is 0 Å². The normalized spacial score (nSPS) is 13.5. The van der Waals surface area contributed by atoms with Crippen molar-refractivity contribution in [2.75, 3.05) is 0 Å². The lowest BCUT2D eigenvalue weighted by Crippen LogP contribution is -2.25. The van der Waals surface area contributed by atoms with Crippen molar-refractivity contribution in [2.24, 2.45) is 0 Å². The van der Waals surface area contributed by atoms with E-state index in [1.165, 1.54) is 264 Å². The molecule has 0 nitrogen and oxygen atoms in total. The second-order valence-electron chi connectivity index (χ2n) is 37.1. The first-order valence-electron chi connectivity index (χ1n) is 46.8. The lowest BCUT2D eigenvalue weighted by molar-refractivity contribution is 0.660. The predicted molar refractivity (Wildman–Crippen MR) is 562 cm³/mol. The Morgan fingerprint density at radius 1 is 0.120 bits per heavy atom. The zero-order chi connectivity index (χ0) is 87.8. The first kappa shape index (κ1) is 76.4. The van der Waals surface area contributed by atoms with E-state index in [1.54, 1.807) is 0 Å². The molecule has 0 atom stereocenters. The lowest BCUT2D eigenvalue weighted by Gasteiger charge is -2.30. The Balaban J connectivity index is 0.000000104. The molecule has 0 fully saturated rings. The van der Waals surface area contributed by atoms with Gasteiger partial charge in [-0.05, 0) is 270 Å². The van der Waals surface area contributed by atoms with Gasteiger partial charge in [0.05, 0.1) is 10.8 Å². The highest BCUT2D eigenvalue weighted by molar-refractivity contribution is 6.28. The maximum absolute atomic E-state index is 2.40. The molecule has 0 radical (unpaired) electrons. The van der Waals surface area contributed by atoms with Gasteiger partial charge in [-0.15, -0.1) is 0 Å². The molecule has 133 heavy (non-hydrogen) atoms. The van der Waals surface area contributed by atoms with Crippen molar-refractivity contribution in [3.8, 4) is 122 Å². The summed E-state index contributed by atoms with van der Waals surface area (Å²) in [5.74, 6) is 0. The summed E-state index contributed by atoms with van der Waals surface area (Å²) >= 11 is 0. The van der Waals surface area contributed by atoms with Crippen LogP contribution in [-0.4, -0.2) is 0 Å². The first-order valence-corrected chi connectivity index (χ1v) is 46.8. The molecule has 0 aromatic heterocycles. The van der Waals surface area contributed by atoms with Gasteiger partial charge in [0.2, 0.25) is 0 Å². The van der Waals surface area contributed by atoms with Crippen LogP contribution >= 0.6 is 0 Å². The summed E-state index contributed by atoms with van der Waals surface area (Å²) in [6, 6.07) is 180. The van der Waals surface area contributed by atoms with Gasteiger partial charge in [0.15, 0.2) is 0 Å². The highest BCUT2D eigenvalue weighted by Gasteiger charge is 2.54. The monoisotopic (exact) mass is 1680 g/mol. The summed E-state index contributed by atoms with van der Waals surface area (Å²) in [5, 5.41) is 20.5. The summed E-state index contributed by atoms with van der Waals surface area (Å²) in [7, 11) is 0. The molecule has 0 heterocycles. The van der Waals surface area contributed by atoms with Crippen molar-refractivity contribution in [3.63, 3.8) is 0 Å². The van der Waals surface area contributed by atoms with Crippen LogP contribution < -0.4 is 0 Å². The highest BCUT2D eigenvalue weighted by Crippen LogP contribution is 2.68. The quantitative estimate of drug-likeness (QED) is 0.146. The van der Waals surface area contributed by atoms with E-state index in [1.807, 2.05) is 0 Å². The molecular formula is C133H86. The molecule has 29 rings (SSSR count). The van der Waals surface area contributed by atoms with Crippen LogP contribution in [0.4, 0.5) is 0 Å². The fourth-order valence-electron chi connectivity index (χ4n) is 25.2. The zero-order valence-corrected chi connectivity index (χ0v) is 73.7. The van der Waals surface area contributed by atoms with Crippen LogP contribution in [0.3, 0.4) is 0 Å². The third-order valence-corrected chi connectivity index (χ3v) is 30.4. The van der Waals surface area contributed by atoms with E-state index in [-0.39, 0.29) is 16.2 Å². The molecule has 5 aliphatic rings. The molecule has 618 valence electrons. The van der Waals surface area contributed by atoms with Crippen LogP contribution in [0, 0.1) is 0 Å². The Kier molecular flexibility index (Phi) is 17.1. The summed E-state index contributed by atoms with van der Waals surface area (Å²) in [5.41, 5.74) is 42.0. The van der Waals surface area contributed by atoms with Crippen LogP contribution in [0.1, 0.15) is 69.5 Å². The molecule has 24 aromatic rings. The summed E-state index contributed by atoms with van der Waals surface area (Å²) in [4.78, 5) is 0. The number of fused-ring (bicyclic) bond motifs is 31. The van der Waals surface area contributed by atoms with Gasteiger partial charge < -0.3 is 0 Å². The van der Waals surface area contributed by atoms with E-state index in [2.05, 4.69) is 499 Å². The van der Waals surface area contributed by atoms with E-state index in [9.17, 15) is 0 Å². The van der Waals surface area contributed by atoms with Crippen molar-refractivity contribution in [2.45, 2.75) is 30.1 Å². The van der Waals surface area contributed by atoms with E-state index in [0.29, 0.717) is 0 Å². The van der Waals surface area contributed by atoms with E-state index in [4.69, 9.17) is 0 Å². The number of hydrogen-bond donors (Lipinski definition) is 0. The molecular weight excluding hydrogens is 1600 g/mol. The molecule has 0 aliphatic heterocycles. The Morgan fingerprint density at radius 2 is 0.353 bits per heavy atom. The minimum atomic E-state index is -0.371. The molecule has 0 saturated carbocycles. The molecule has 0 bridgehead atoms. The van der Waals surface area contributed by atoms with Crippen LogP contribution in [0.2, 0.25) is 0 Å². The zero-order valence-electron chi connectivity index (χ0n) is 73.7. The van der Waals surface area contributed by atoms with Gasteiger partial charge in [-0.1, -0.05) is 493 Å². The van der Waals surface area contributed by atoms with Gasteiger partial charge in [0.25, 0.3) is 0 Å². The average molecular weight is 1680 g/mol. The standard InChI is InChI=1S/2C49H30.C35H26/c1-2-17-32-31(15-1)16-13-25-35(32)46-36-20-3-5-22-38(36)47(39-23-6-4-21-37(39)46)41-26-14-30-45-48(41)40-24-9-12-29-44(40)49(45)42-27-10-7-18-33(42)34-19-8-11-28-43(34)49;1-2-15-32-30-33(29-28-31(32)14-1)46-36-18-3-5-20-38(36)47(39-21-6-4-19-37(39)46)41-23-13-27-45-48(41)40-22-9-12-26-44(40)49(45)42-24-10-7-16-34(42)35-17-8-11-25-43(35)49;1-35(2)30-21-11-10-19-28(30)34-29(20-12-22-31(34)35)33-26-17-8-6-15-24(26)32(23-13-4-3-5-14-23)25-16-7-9-18-27(25)33/h2*1-30H;3-22H,1-2H3. The first-order chi connectivity index (χ1) is 65.8. The number of benzene rings is 24. The van der Waals surface area contributed by atoms with Gasteiger partial charge in [-0.2, -0.15) is 0 Å². The van der Waals surface area contributed by atoms with Gasteiger partial charge >= 0.3 is 0 Å². The maximum atomic E-state index is 2.40. The van der Waals surface area contributed by atoms with Crippen molar-refractivity contribution >= 4 is 86.2 Å². The predicted octanol–water partition coefficient (Wildman–Crippen LogP) is 35.3. The molecule has 5 aliphatic carbocycles. The second kappa shape index (κ2) is 29.7. The van der Waals surface area contributed by atoms with E-state index in [0.717, 1.165) is 0 Å². The smallest absolute Gasteiger partial charge is 0.0622 e. The maximum Gasteiger partial charge on any atom is 0.0725 e. The third kappa shape index (κ3) is 10.9. The number of rotatable bonds is 6. The summed E-state index contributed by atoms with van der Waals surface area (Å²) in [6.45, 7) is 4.71. The van der Waals surface area contributed by atoms with Gasteiger partial charge in [-0.25, -0.2) is 0 Å². The van der Waals surface area contributed by atoms with E-state index < -0.39 is 0 Å². The fourth-order valence-corrected chi connectivity index (χ4v) is 25.2. The Bertz CT molecular complexity index is 8790. The third-order valence-electron chi connectivity index (χ3n) is 30.4. The topological polar surface area (TPSA) is 0 Å². The highest BCUT2D eigenvalue weighted by atomic mass is 14.6. The molecule has 24 aromatic carbocycles. The van der Waals surface area contributed by atoms with Crippen LogP contribution in [0.5, 0.6) is 0 Å². The molecule has 0 heteroatoms. The second-order valence-corrected chi connectivity index (χ2v) is 37.1. The SMILES string of the molecule is CC1(C)c2ccccc2-c2c(-c3c4ccccc4c(-c4ccccc4)c4ccccc34)cccc21.c1ccc2c(c1)-c1ccccc1C21c2ccccc2-c2c(-c3c4ccccc4c(-c4ccc5ccccc5c4)c4ccccc34)cccc21.c1ccc2c(c1)-c1ccccc1C21c2ccccc2-c2c(-c3c4ccccc4c(-c4cccc5ccccc45)c4ccccc34)cccc21. The lowest BCUT2D eigenvalue weighted by atomic mass is 9.70.